The zero-order valence-electron chi connectivity index (χ0n) is 15.8. The average Bonchev–Trinajstić information content (AvgIpc) is 2.67. The van der Waals surface area contributed by atoms with Gasteiger partial charge in [0.1, 0.15) is 11.3 Å². The van der Waals surface area contributed by atoms with Gasteiger partial charge in [0.2, 0.25) is 0 Å². The lowest BCUT2D eigenvalue weighted by Crippen LogP contribution is -2.21. The number of nitrogens with one attached hydrogen (secondary N) is 1. The molecule has 4 rings (SSSR count). The van der Waals surface area contributed by atoms with Crippen molar-refractivity contribution in [2.75, 3.05) is 0 Å². The van der Waals surface area contributed by atoms with Crippen LogP contribution in [0.2, 0.25) is 0 Å². The summed E-state index contributed by atoms with van der Waals surface area (Å²) in [5.41, 5.74) is 4.73. The molecule has 1 aromatic carbocycles. The molecule has 3 aromatic rings. The number of pyridine rings is 1. The van der Waals surface area contributed by atoms with E-state index in [0.29, 0.717) is 5.65 Å². The van der Waals surface area contributed by atoms with Gasteiger partial charge in [0, 0.05) is 11.8 Å². The van der Waals surface area contributed by atoms with Gasteiger partial charge in [0.05, 0.1) is 5.69 Å². The van der Waals surface area contributed by atoms with E-state index < -0.39 is 0 Å². The molecule has 0 amide bonds. The highest BCUT2D eigenvalue weighted by molar-refractivity contribution is 5.70. The Bertz CT molecular complexity index is 1020. The van der Waals surface area contributed by atoms with Crippen molar-refractivity contribution in [2.45, 2.75) is 57.8 Å². The SMILES string of the molecule is CCc1cnc2cc(C3CCC(c4c(C)cccc4F)CC3)c(=O)[nH]c2n1. The minimum atomic E-state index is -0.107. The molecular weight excluding hydrogens is 341 g/mol. The molecule has 1 saturated carbocycles. The van der Waals surface area contributed by atoms with Gasteiger partial charge in [-0.3, -0.25) is 9.78 Å². The Morgan fingerprint density at radius 1 is 1.19 bits per heavy atom. The summed E-state index contributed by atoms with van der Waals surface area (Å²) < 4.78 is 14.3. The van der Waals surface area contributed by atoms with Gasteiger partial charge < -0.3 is 4.98 Å². The molecule has 140 valence electrons. The van der Waals surface area contributed by atoms with Crippen molar-refractivity contribution in [3.05, 3.63) is 69.0 Å². The number of halogens is 1. The van der Waals surface area contributed by atoms with Crippen LogP contribution in [0.5, 0.6) is 0 Å². The van der Waals surface area contributed by atoms with Gasteiger partial charge in [0.15, 0.2) is 5.65 Å². The number of aromatic nitrogens is 3. The van der Waals surface area contributed by atoms with Crippen molar-refractivity contribution >= 4 is 11.2 Å². The summed E-state index contributed by atoms with van der Waals surface area (Å²) in [5, 5.41) is 0. The minimum Gasteiger partial charge on any atom is -0.305 e. The molecule has 0 unspecified atom stereocenters. The molecule has 4 nitrogen and oxygen atoms in total. The molecule has 5 heteroatoms. The topological polar surface area (TPSA) is 58.6 Å². The quantitative estimate of drug-likeness (QED) is 0.727. The van der Waals surface area contributed by atoms with Crippen LogP contribution in [-0.4, -0.2) is 15.0 Å². The van der Waals surface area contributed by atoms with Crippen molar-refractivity contribution in [1.29, 1.82) is 0 Å². The molecule has 2 heterocycles. The average molecular weight is 365 g/mol. The van der Waals surface area contributed by atoms with E-state index in [1.54, 1.807) is 18.3 Å². The van der Waals surface area contributed by atoms with Crippen molar-refractivity contribution < 1.29 is 4.39 Å². The lowest BCUT2D eigenvalue weighted by molar-refractivity contribution is 0.385. The molecule has 0 spiro atoms. The molecule has 1 N–H and O–H groups in total. The fourth-order valence-electron chi connectivity index (χ4n) is 4.35. The third-order valence-corrected chi connectivity index (χ3v) is 5.85. The lowest BCUT2D eigenvalue weighted by atomic mass is 9.75. The summed E-state index contributed by atoms with van der Waals surface area (Å²) in [4.78, 5) is 24.4. The summed E-state index contributed by atoms with van der Waals surface area (Å²) in [7, 11) is 0. The summed E-state index contributed by atoms with van der Waals surface area (Å²) >= 11 is 0. The van der Waals surface area contributed by atoms with Crippen LogP contribution in [0.25, 0.3) is 11.2 Å². The van der Waals surface area contributed by atoms with E-state index in [-0.39, 0.29) is 23.2 Å². The predicted molar refractivity (Wildman–Crippen MR) is 105 cm³/mol. The molecule has 2 aromatic heterocycles. The third kappa shape index (κ3) is 3.38. The van der Waals surface area contributed by atoms with Crippen LogP contribution >= 0.6 is 0 Å². The number of nitrogens with zero attached hydrogens (tertiary/aromatic N) is 2. The Kier molecular flexibility index (Phi) is 4.77. The van der Waals surface area contributed by atoms with E-state index >= 15 is 0 Å². The summed E-state index contributed by atoms with van der Waals surface area (Å²) in [6.07, 6.45) is 6.10. The van der Waals surface area contributed by atoms with E-state index in [1.165, 1.54) is 0 Å². The maximum absolute atomic E-state index is 14.3. The molecule has 1 fully saturated rings. The molecule has 0 saturated heterocycles. The van der Waals surface area contributed by atoms with E-state index in [2.05, 4.69) is 15.0 Å². The highest BCUT2D eigenvalue weighted by Gasteiger charge is 2.27. The van der Waals surface area contributed by atoms with Crippen LogP contribution < -0.4 is 5.56 Å². The molecule has 0 bridgehead atoms. The van der Waals surface area contributed by atoms with Gasteiger partial charge >= 0.3 is 0 Å². The number of aromatic amines is 1. The highest BCUT2D eigenvalue weighted by atomic mass is 19.1. The standard InChI is InChI=1S/C22H24FN3O/c1-3-16-12-24-19-11-17(22(27)26-21(19)25-16)14-7-9-15(10-8-14)20-13(2)5-4-6-18(20)23/h4-6,11-12,14-15H,3,7-10H2,1-2H3,(H,25,26,27). The van der Waals surface area contributed by atoms with Gasteiger partial charge in [-0.1, -0.05) is 19.1 Å². The van der Waals surface area contributed by atoms with E-state index in [0.717, 1.165) is 60.0 Å². The largest absolute Gasteiger partial charge is 0.305 e. The van der Waals surface area contributed by atoms with Crippen LogP contribution in [0.15, 0.2) is 35.3 Å². The second-order valence-corrected chi connectivity index (χ2v) is 7.52. The molecular formula is C22H24FN3O. The third-order valence-electron chi connectivity index (χ3n) is 5.85. The maximum Gasteiger partial charge on any atom is 0.253 e. The summed E-state index contributed by atoms with van der Waals surface area (Å²) in [5.74, 6) is 0.312. The first-order chi connectivity index (χ1) is 13.1. The first kappa shape index (κ1) is 17.8. The monoisotopic (exact) mass is 365 g/mol. The first-order valence-electron chi connectivity index (χ1n) is 9.70. The summed E-state index contributed by atoms with van der Waals surface area (Å²) in [6.45, 7) is 3.99. The Labute approximate surface area is 157 Å². The Hall–Kier alpha value is -2.56. The first-order valence-corrected chi connectivity index (χ1v) is 9.70. The van der Waals surface area contributed by atoms with Gasteiger partial charge in [0.25, 0.3) is 5.56 Å². The Morgan fingerprint density at radius 2 is 1.93 bits per heavy atom. The van der Waals surface area contributed by atoms with Crippen molar-refractivity contribution in [3.8, 4) is 0 Å². The molecule has 27 heavy (non-hydrogen) atoms. The van der Waals surface area contributed by atoms with Crippen molar-refractivity contribution in [1.82, 2.24) is 15.0 Å². The normalized spacial score (nSPS) is 20.1. The number of rotatable bonds is 3. The van der Waals surface area contributed by atoms with Gasteiger partial charge in [-0.2, -0.15) is 0 Å². The van der Waals surface area contributed by atoms with Crippen LogP contribution in [-0.2, 0) is 6.42 Å². The van der Waals surface area contributed by atoms with Crippen molar-refractivity contribution in [3.63, 3.8) is 0 Å². The smallest absolute Gasteiger partial charge is 0.253 e. The zero-order valence-corrected chi connectivity index (χ0v) is 15.8. The lowest BCUT2D eigenvalue weighted by Gasteiger charge is -2.29. The summed E-state index contributed by atoms with van der Waals surface area (Å²) in [6, 6.07) is 7.17. The number of aryl methyl sites for hydroxylation is 2. The second-order valence-electron chi connectivity index (χ2n) is 7.52. The number of H-pyrrole nitrogens is 1. The van der Waals surface area contributed by atoms with Gasteiger partial charge in [-0.05, 0) is 74.1 Å². The predicted octanol–water partition coefficient (Wildman–Crippen LogP) is 4.77. The van der Waals surface area contributed by atoms with Crippen molar-refractivity contribution in [2.24, 2.45) is 0 Å². The zero-order chi connectivity index (χ0) is 19.0. The highest BCUT2D eigenvalue weighted by Crippen LogP contribution is 2.41. The Balaban J connectivity index is 1.58. The molecule has 0 aliphatic heterocycles. The number of hydrogen-bond donors (Lipinski definition) is 1. The van der Waals surface area contributed by atoms with E-state index in [4.69, 9.17) is 0 Å². The van der Waals surface area contributed by atoms with Crippen LogP contribution in [0, 0.1) is 12.7 Å². The fourth-order valence-corrected chi connectivity index (χ4v) is 4.35. The molecule has 0 radical (unpaired) electrons. The minimum absolute atomic E-state index is 0.0735. The van der Waals surface area contributed by atoms with Gasteiger partial charge in [-0.25, -0.2) is 9.37 Å². The van der Waals surface area contributed by atoms with Crippen LogP contribution in [0.1, 0.15) is 66.8 Å². The number of fused-ring (bicyclic) bond motifs is 1. The van der Waals surface area contributed by atoms with Crippen LogP contribution in [0.4, 0.5) is 4.39 Å². The van der Waals surface area contributed by atoms with Gasteiger partial charge in [-0.15, -0.1) is 0 Å². The van der Waals surface area contributed by atoms with E-state index in [1.807, 2.05) is 26.0 Å². The van der Waals surface area contributed by atoms with E-state index in [9.17, 15) is 9.18 Å². The number of hydrogen-bond acceptors (Lipinski definition) is 3. The molecule has 1 aliphatic rings. The van der Waals surface area contributed by atoms with Crippen LogP contribution in [0.3, 0.4) is 0 Å². The maximum atomic E-state index is 14.3. The fraction of sp³-hybridized carbons (Fsp3) is 0.409. The number of benzene rings is 1. The molecule has 1 aliphatic carbocycles. The Morgan fingerprint density at radius 3 is 2.63 bits per heavy atom. The molecule has 0 atom stereocenters. The second kappa shape index (κ2) is 7.22.